The summed E-state index contributed by atoms with van der Waals surface area (Å²) in [5.41, 5.74) is 1.19. The summed E-state index contributed by atoms with van der Waals surface area (Å²) in [6.07, 6.45) is 7.16. The Morgan fingerprint density at radius 3 is 2.85 bits per heavy atom. The third-order valence-electron chi connectivity index (χ3n) is 6.07. The van der Waals surface area contributed by atoms with Gasteiger partial charge in [0.25, 0.3) is 5.91 Å². The predicted molar refractivity (Wildman–Crippen MR) is 98.9 cm³/mol. The largest absolute Gasteiger partial charge is 0.456 e. The minimum absolute atomic E-state index is 0.00154. The topological polar surface area (TPSA) is 63.3 Å². The highest BCUT2D eigenvalue weighted by Crippen LogP contribution is 2.56. The van der Waals surface area contributed by atoms with Crippen LogP contribution in [0.5, 0.6) is 0 Å². The van der Waals surface area contributed by atoms with Gasteiger partial charge in [0.2, 0.25) is 0 Å². The molecule has 1 spiro atoms. The first-order valence-electron chi connectivity index (χ1n) is 9.63. The number of aromatic nitrogens is 2. The fourth-order valence-corrected chi connectivity index (χ4v) is 4.47. The fourth-order valence-electron chi connectivity index (χ4n) is 4.47. The number of rotatable bonds is 5. The molecule has 1 atom stereocenters. The second kappa shape index (κ2) is 6.58. The van der Waals surface area contributed by atoms with Crippen LogP contribution in [0, 0.1) is 19.3 Å². The normalized spacial score (nSPS) is 21.1. The van der Waals surface area contributed by atoms with Gasteiger partial charge >= 0.3 is 0 Å². The average Bonchev–Trinajstić information content (AvgIpc) is 2.97. The number of furan rings is 1. The standard InChI is InChI=1S/C20H28N4O2/c1-4-23-10-9-22-17(23)13-24(16-12-20(16)5-7-21-8-6-20)19(25)18-14(2)11-15(3)26-18/h9-11,16,21H,4-8,12-13H2,1-3H3/t16-/m1/s1. The van der Waals surface area contributed by atoms with Crippen LogP contribution in [0.1, 0.15) is 53.9 Å². The Morgan fingerprint density at radius 2 is 2.19 bits per heavy atom. The van der Waals surface area contributed by atoms with E-state index in [-0.39, 0.29) is 17.4 Å². The number of amides is 1. The van der Waals surface area contributed by atoms with E-state index >= 15 is 0 Å². The first-order chi connectivity index (χ1) is 12.5. The highest BCUT2D eigenvalue weighted by molar-refractivity contribution is 5.93. The number of carbonyl (C=O) groups excluding carboxylic acids is 1. The summed E-state index contributed by atoms with van der Waals surface area (Å²) in [4.78, 5) is 19.9. The Hall–Kier alpha value is -2.08. The van der Waals surface area contributed by atoms with Crippen molar-refractivity contribution in [2.45, 2.75) is 59.2 Å². The number of hydrogen-bond acceptors (Lipinski definition) is 4. The molecule has 2 aromatic heterocycles. The van der Waals surface area contributed by atoms with Gasteiger partial charge in [-0.05, 0) is 64.6 Å². The molecule has 26 heavy (non-hydrogen) atoms. The van der Waals surface area contributed by atoms with Crippen LogP contribution in [0.4, 0.5) is 0 Å². The molecule has 1 N–H and O–H groups in total. The quantitative estimate of drug-likeness (QED) is 0.895. The molecule has 1 saturated heterocycles. The van der Waals surface area contributed by atoms with Crippen LogP contribution < -0.4 is 5.32 Å². The zero-order valence-corrected chi connectivity index (χ0v) is 15.9. The van der Waals surface area contributed by atoms with Crippen LogP contribution in [0.3, 0.4) is 0 Å². The third kappa shape index (κ3) is 2.96. The van der Waals surface area contributed by atoms with E-state index in [9.17, 15) is 4.79 Å². The molecule has 2 aromatic rings. The van der Waals surface area contributed by atoms with Crippen LogP contribution in [0.25, 0.3) is 0 Å². The number of nitrogens with one attached hydrogen (secondary N) is 1. The minimum atomic E-state index is 0.00154. The zero-order valence-electron chi connectivity index (χ0n) is 15.9. The molecule has 1 aliphatic carbocycles. The van der Waals surface area contributed by atoms with Gasteiger partial charge < -0.3 is 19.2 Å². The Labute approximate surface area is 154 Å². The molecule has 3 heterocycles. The van der Waals surface area contributed by atoms with Crippen molar-refractivity contribution in [1.82, 2.24) is 19.8 Å². The molecule has 2 aliphatic rings. The molecule has 6 heteroatoms. The molecule has 0 aromatic carbocycles. The van der Waals surface area contributed by atoms with Gasteiger partial charge in [-0.2, -0.15) is 0 Å². The van der Waals surface area contributed by atoms with Gasteiger partial charge in [-0.1, -0.05) is 0 Å². The Kier molecular flexibility index (Phi) is 4.39. The molecule has 6 nitrogen and oxygen atoms in total. The molecule has 1 saturated carbocycles. The van der Waals surface area contributed by atoms with Crippen molar-refractivity contribution in [3.05, 3.63) is 41.4 Å². The second-order valence-electron chi connectivity index (χ2n) is 7.76. The van der Waals surface area contributed by atoms with Crippen molar-refractivity contribution >= 4 is 5.91 Å². The SMILES string of the molecule is CCn1ccnc1CN(C(=O)c1oc(C)cc1C)[C@@H]1CC12CCNCC2. The summed E-state index contributed by atoms with van der Waals surface area (Å²) in [7, 11) is 0. The molecule has 4 rings (SSSR count). The zero-order chi connectivity index (χ0) is 18.3. The van der Waals surface area contributed by atoms with Gasteiger partial charge in [-0.15, -0.1) is 0 Å². The van der Waals surface area contributed by atoms with Crippen molar-refractivity contribution in [3.8, 4) is 0 Å². The maximum Gasteiger partial charge on any atom is 0.290 e. The van der Waals surface area contributed by atoms with Crippen LogP contribution in [0.15, 0.2) is 22.9 Å². The van der Waals surface area contributed by atoms with Gasteiger partial charge in [0.1, 0.15) is 11.6 Å². The highest BCUT2D eigenvalue weighted by Gasteiger charge is 2.58. The summed E-state index contributed by atoms with van der Waals surface area (Å²) < 4.78 is 7.86. The van der Waals surface area contributed by atoms with E-state index < -0.39 is 0 Å². The third-order valence-corrected chi connectivity index (χ3v) is 6.07. The number of carbonyl (C=O) groups is 1. The highest BCUT2D eigenvalue weighted by atomic mass is 16.4. The van der Waals surface area contributed by atoms with Crippen molar-refractivity contribution in [2.75, 3.05) is 13.1 Å². The van der Waals surface area contributed by atoms with Gasteiger partial charge in [0.15, 0.2) is 5.76 Å². The second-order valence-corrected chi connectivity index (χ2v) is 7.76. The van der Waals surface area contributed by atoms with Crippen LogP contribution in [0.2, 0.25) is 0 Å². The molecule has 1 aliphatic heterocycles. The lowest BCUT2D eigenvalue weighted by Crippen LogP contribution is -2.39. The predicted octanol–water partition coefficient (Wildman–Crippen LogP) is 2.90. The number of nitrogens with zero attached hydrogens (tertiary/aromatic N) is 3. The van der Waals surface area contributed by atoms with Crippen LogP contribution in [-0.2, 0) is 13.1 Å². The van der Waals surface area contributed by atoms with E-state index in [1.165, 1.54) is 0 Å². The maximum absolute atomic E-state index is 13.4. The first kappa shape index (κ1) is 17.3. The van der Waals surface area contributed by atoms with E-state index in [1.54, 1.807) is 0 Å². The fraction of sp³-hybridized carbons (Fsp3) is 0.600. The molecule has 140 valence electrons. The van der Waals surface area contributed by atoms with Crippen LogP contribution >= 0.6 is 0 Å². The Balaban J connectivity index is 1.63. The maximum atomic E-state index is 13.4. The molecule has 0 unspecified atom stereocenters. The number of imidazole rings is 1. The van der Waals surface area contributed by atoms with E-state index in [0.29, 0.717) is 12.3 Å². The lowest BCUT2D eigenvalue weighted by Gasteiger charge is -2.29. The minimum Gasteiger partial charge on any atom is -0.456 e. The Morgan fingerprint density at radius 1 is 1.42 bits per heavy atom. The molecule has 0 bridgehead atoms. The van der Waals surface area contributed by atoms with Crippen LogP contribution in [-0.4, -0.2) is 39.5 Å². The van der Waals surface area contributed by atoms with Crippen molar-refractivity contribution in [3.63, 3.8) is 0 Å². The average molecular weight is 356 g/mol. The molecule has 1 amide bonds. The van der Waals surface area contributed by atoms with E-state index in [0.717, 1.165) is 56.0 Å². The van der Waals surface area contributed by atoms with E-state index in [4.69, 9.17) is 4.42 Å². The Bertz CT molecular complexity index is 801. The smallest absolute Gasteiger partial charge is 0.290 e. The lowest BCUT2D eigenvalue weighted by atomic mass is 9.93. The van der Waals surface area contributed by atoms with Gasteiger partial charge in [0.05, 0.1) is 6.54 Å². The number of hydrogen-bond donors (Lipinski definition) is 1. The molecular formula is C20H28N4O2. The summed E-state index contributed by atoms with van der Waals surface area (Å²) in [6.45, 7) is 9.42. The number of piperidine rings is 1. The van der Waals surface area contributed by atoms with Gasteiger partial charge in [-0.25, -0.2) is 4.98 Å². The summed E-state index contributed by atoms with van der Waals surface area (Å²) >= 11 is 0. The van der Waals surface area contributed by atoms with E-state index in [1.807, 2.05) is 37.2 Å². The van der Waals surface area contributed by atoms with Crippen molar-refractivity contribution in [1.29, 1.82) is 0 Å². The van der Waals surface area contributed by atoms with Crippen molar-refractivity contribution < 1.29 is 9.21 Å². The van der Waals surface area contributed by atoms with Gasteiger partial charge in [0, 0.05) is 30.5 Å². The molecule has 2 fully saturated rings. The summed E-state index contributed by atoms with van der Waals surface area (Å²) in [5.74, 6) is 2.21. The van der Waals surface area contributed by atoms with Gasteiger partial charge in [-0.3, -0.25) is 4.79 Å². The summed E-state index contributed by atoms with van der Waals surface area (Å²) in [6, 6.07) is 2.22. The summed E-state index contributed by atoms with van der Waals surface area (Å²) in [5, 5.41) is 3.44. The lowest BCUT2D eigenvalue weighted by molar-refractivity contribution is 0.0650. The monoisotopic (exact) mass is 356 g/mol. The number of aryl methyl sites for hydroxylation is 3. The first-order valence-corrected chi connectivity index (χ1v) is 9.63. The molecule has 0 radical (unpaired) electrons. The van der Waals surface area contributed by atoms with Crippen molar-refractivity contribution in [2.24, 2.45) is 5.41 Å². The van der Waals surface area contributed by atoms with E-state index in [2.05, 4.69) is 21.8 Å². The molecular weight excluding hydrogens is 328 g/mol.